The number of nitrogens with two attached hydrogens (primary N) is 1. The van der Waals surface area contributed by atoms with Crippen LogP contribution in [0.1, 0.15) is 60.5 Å². The van der Waals surface area contributed by atoms with E-state index in [1.807, 2.05) is 25.1 Å². The van der Waals surface area contributed by atoms with Gasteiger partial charge in [-0.05, 0) is 67.9 Å². The van der Waals surface area contributed by atoms with E-state index in [1.165, 1.54) is 6.07 Å². The van der Waals surface area contributed by atoms with Crippen molar-refractivity contribution >= 4 is 11.7 Å². The second-order valence-corrected chi connectivity index (χ2v) is 9.46. The van der Waals surface area contributed by atoms with Gasteiger partial charge in [0.15, 0.2) is 6.29 Å². The lowest BCUT2D eigenvalue weighted by atomic mass is 9.78. The molecule has 194 valence electrons. The maximum atomic E-state index is 14.3. The maximum Gasteiger partial charge on any atom is 0.220 e. The SMILES string of the molecule is Cc1nc(N)nc2c1/C(=N/OCCCOC1CCCCO1)C[C@@H](c1ccc(F)cc1-c1cccnc1)C2. The van der Waals surface area contributed by atoms with Crippen molar-refractivity contribution in [3.8, 4) is 11.1 Å². The van der Waals surface area contributed by atoms with Gasteiger partial charge in [-0.25, -0.2) is 14.4 Å². The van der Waals surface area contributed by atoms with Crippen LogP contribution in [0.4, 0.5) is 10.3 Å². The molecule has 2 aliphatic rings. The largest absolute Gasteiger partial charge is 0.395 e. The molecule has 2 aromatic heterocycles. The number of nitrogen functional groups attached to an aromatic ring is 1. The van der Waals surface area contributed by atoms with Gasteiger partial charge in [-0.15, -0.1) is 0 Å². The molecule has 5 rings (SSSR count). The normalized spacial score (nSPS) is 20.5. The summed E-state index contributed by atoms with van der Waals surface area (Å²) in [5, 5.41) is 4.52. The fraction of sp³-hybridized carbons (Fsp3) is 0.429. The van der Waals surface area contributed by atoms with E-state index < -0.39 is 0 Å². The molecular formula is C28H32FN5O3. The minimum absolute atomic E-state index is 0.00568. The van der Waals surface area contributed by atoms with Crippen LogP contribution in [0.5, 0.6) is 0 Å². The third kappa shape index (κ3) is 6.11. The summed E-state index contributed by atoms with van der Waals surface area (Å²) in [5.74, 6) is -0.0590. The second kappa shape index (κ2) is 11.7. The molecule has 1 aliphatic heterocycles. The molecule has 1 aromatic carbocycles. The van der Waals surface area contributed by atoms with Crippen molar-refractivity contribution in [2.75, 3.05) is 25.6 Å². The predicted octanol–water partition coefficient (Wildman–Crippen LogP) is 4.95. The quantitative estimate of drug-likeness (QED) is 0.341. The highest BCUT2D eigenvalue weighted by Gasteiger charge is 2.30. The van der Waals surface area contributed by atoms with E-state index in [4.69, 9.17) is 20.0 Å². The molecule has 1 saturated heterocycles. The molecule has 3 aromatic rings. The van der Waals surface area contributed by atoms with Crippen LogP contribution in [0.15, 0.2) is 47.9 Å². The van der Waals surface area contributed by atoms with Crippen molar-refractivity contribution in [3.63, 3.8) is 0 Å². The molecule has 0 spiro atoms. The Kier molecular flexibility index (Phi) is 8.01. The number of ether oxygens (including phenoxy) is 2. The van der Waals surface area contributed by atoms with E-state index in [-0.39, 0.29) is 24.0 Å². The fourth-order valence-electron chi connectivity index (χ4n) is 5.08. The molecule has 9 heteroatoms. The van der Waals surface area contributed by atoms with E-state index in [2.05, 4.69) is 20.1 Å². The number of aryl methyl sites for hydroxylation is 1. The lowest BCUT2D eigenvalue weighted by molar-refractivity contribution is -0.164. The first-order chi connectivity index (χ1) is 18.1. The molecule has 0 amide bonds. The third-order valence-electron chi connectivity index (χ3n) is 6.77. The Morgan fingerprint density at radius 1 is 1.16 bits per heavy atom. The molecule has 0 saturated carbocycles. The van der Waals surface area contributed by atoms with Gasteiger partial charge in [-0.2, -0.15) is 0 Å². The predicted molar refractivity (Wildman–Crippen MR) is 139 cm³/mol. The summed E-state index contributed by atoms with van der Waals surface area (Å²) in [4.78, 5) is 18.9. The van der Waals surface area contributed by atoms with Gasteiger partial charge in [-0.3, -0.25) is 4.98 Å². The number of hydrogen-bond donors (Lipinski definition) is 1. The van der Waals surface area contributed by atoms with E-state index in [0.717, 1.165) is 65.2 Å². The molecule has 37 heavy (non-hydrogen) atoms. The highest BCUT2D eigenvalue weighted by Crippen LogP contribution is 2.38. The Bertz CT molecular complexity index is 1250. The summed E-state index contributed by atoms with van der Waals surface area (Å²) in [5.41, 5.74) is 11.9. The van der Waals surface area contributed by atoms with E-state index in [1.54, 1.807) is 18.5 Å². The summed E-state index contributed by atoms with van der Waals surface area (Å²) in [7, 11) is 0. The maximum absolute atomic E-state index is 14.3. The van der Waals surface area contributed by atoms with Crippen molar-refractivity contribution in [2.24, 2.45) is 5.16 Å². The minimum Gasteiger partial charge on any atom is -0.395 e. The zero-order valence-corrected chi connectivity index (χ0v) is 21.0. The Hall–Kier alpha value is -3.43. The summed E-state index contributed by atoms with van der Waals surface area (Å²) >= 11 is 0. The molecule has 2 N–H and O–H groups in total. The van der Waals surface area contributed by atoms with Crippen molar-refractivity contribution in [1.82, 2.24) is 15.0 Å². The van der Waals surface area contributed by atoms with Crippen molar-refractivity contribution in [1.29, 1.82) is 0 Å². The first-order valence-corrected chi connectivity index (χ1v) is 12.8. The number of rotatable bonds is 8. The van der Waals surface area contributed by atoms with Crippen LogP contribution in [0, 0.1) is 12.7 Å². The molecule has 1 unspecified atom stereocenters. The fourth-order valence-corrected chi connectivity index (χ4v) is 5.08. The monoisotopic (exact) mass is 505 g/mol. The van der Waals surface area contributed by atoms with Gasteiger partial charge in [0.1, 0.15) is 12.4 Å². The first-order valence-electron chi connectivity index (χ1n) is 12.8. The summed E-state index contributed by atoms with van der Waals surface area (Å²) in [6.45, 7) is 3.64. The number of pyridine rings is 1. The number of hydrogen-bond acceptors (Lipinski definition) is 8. The summed E-state index contributed by atoms with van der Waals surface area (Å²) in [6, 6.07) is 8.68. The Balaban J connectivity index is 1.35. The van der Waals surface area contributed by atoms with Crippen LogP contribution < -0.4 is 5.73 Å². The standard InChI is InChI=1S/C28H32FN5O3/c1-18-27-24(33-28(30)32-18)14-20(22-9-8-21(29)16-23(22)19-6-4-10-31-17-19)15-25(27)34-37-13-5-12-36-26-7-2-3-11-35-26/h4,6,8-10,16-17,20,26H,2-3,5,7,11-15H2,1H3,(H2,30,32,33)/b34-25+/t20-,26?/m0/s1. The Morgan fingerprint density at radius 2 is 2.08 bits per heavy atom. The third-order valence-corrected chi connectivity index (χ3v) is 6.77. The van der Waals surface area contributed by atoms with Crippen LogP contribution >= 0.6 is 0 Å². The lowest BCUT2D eigenvalue weighted by Gasteiger charge is -2.28. The summed E-state index contributed by atoms with van der Waals surface area (Å²) < 4.78 is 25.7. The first kappa shape index (κ1) is 25.2. The van der Waals surface area contributed by atoms with E-state index >= 15 is 0 Å². The number of halogens is 1. The van der Waals surface area contributed by atoms with Gasteiger partial charge in [0, 0.05) is 43.0 Å². The highest BCUT2D eigenvalue weighted by atomic mass is 19.1. The van der Waals surface area contributed by atoms with Crippen molar-refractivity contribution < 1.29 is 18.7 Å². The molecular weight excluding hydrogens is 473 g/mol. The number of nitrogens with zero attached hydrogens (tertiary/aromatic N) is 4. The van der Waals surface area contributed by atoms with Crippen LogP contribution in [-0.4, -0.2) is 46.8 Å². The molecule has 2 atom stereocenters. The zero-order chi connectivity index (χ0) is 25.6. The molecule has 3 heterocycles. The topological polar surface area (TPSA) is 105 Å². The molecule has 0 bridgehead atoms. The van der Waals surface area contributed by atoms with Crippen LogP contribution in [0.25, 0.3) is 11.1 Å². The van der Waals surface area contributed by atoms with E-state index in [9.17, 15) is 4.39 Å². The number of aromatic nitrogens is 3. The molecule has 1 aliphatic carbocycles. The minimum atomic E-state index is -0.292. The average molecular weight is 506 g/mol. The van der Waals surface area contributed by atoms with Crippen molar-refractivity contribution in [2.45, 2.75) is 57.7 Å². The summed E-state index contributed by atoms with van der Waals surface area (Å²) in [6.07, 6.45) is 8.46. The number of oxime groups is 1. The van der Waals surface area contributed by atoms with E-state index in [0.29, 0.717) is 32.5 Å². The number of benzene rings is 1. The lowest BCUT2D eigenvalue weighted by Crippen LogP contribution is -2.24. The van der Waals surface area contributed by atoms with Gasteiger partial charge in [0.25, 0.3) is 0 Å². The van der Waals surface area contributed by atoms with Gasteiger partial charge in [-0.1, -0.05) is 17.3 Å². The van der Waals surface area contributed by atoms with Crippen molar-refractivity contribution in [3.05, 3.63) is 71.1 Å². The molecule has 0 radical (unpaired) electrons. The van der Waals surface area contributed by atoms with Gasteiger partial charge >= 0.3 is 0 Å². The number of anilines is 1. The average Bonchev–Trinajstić information content (AvgIpc) is 2.91. The van der Waals surface area contributed by atoms with Gasteiger partial charge < -0.3 is 20.0 Å². The highest BCUT2D eigenvalue weighted by molar-refractivity contribution is 6.03. The Morgan fingerprint density at radius 3 is 2.89 bits per heavy atom. The van der Waals surface area contributed by atoms with Gasteiger partial charge in [0.05, 0.1) is 23.7 Å². The number of fused-ring (bicyclic) bond motifs is 1. The van der Waals surface area contributed by atoms with Crippen LogP contribution in [0.3, 0.4) is 0 Å². The van der Waals surface area contributed by atoms with Crippen LogP contribution in [-0.2, 0) is 20.7 Å². The smallest absolute Gasteiger partial charge is 0.220 e. The molecule has 8 nitrogen and oxygen atoms in total. The molecule has 1 fully saturated rings. The second-order valence-electron chi connectivity index (χ2n) is 9.46. The zero-order valence-electron chi connectivity index (χ0n) is 21.0. The van der Waals surface area contributed by atoms with Gasteiger partial charge in [0.2, 0.25) is 5.95 Å². The van der Waals surface area contributed by atoms with Crippen LogP contribution in [0.2, 0.25) is 0 Å². The Labute approximate surface area is 216 Å².